The van der Waals surface area contributed by atoms with Crippen molar-refractivity contribution in [1.29, 1.82) is 0 Å². The van der Waals surface area contributed by atoms with Crippen LogP contribution in [0.25, 0.3) is 0 Å². The topological polar surface area (TPSA) is 34.2 Å². The monoisotopic (exact) mass is 304 g/mol. The molecular weight excluding hydrogens is 297 g/mol. The maximum Gasteiger partial charge on any atom is 0.240 e. The van der Waals surface area contributed by atoms with Crippen molar-refractivity contribution in [3.63, 3.8) is 0 Å². The van der Waals surface area contributed by atoms with Crippen molar-refractivity contribution in [2.75, 3.05) is 12.4 Å². The normalized spacial score (nSPS) is 10.4. The first kappa shape index (κ1) is 13.8. The van der Waals surface area contributed by atoms with Gasteiger partial charge in [0, 0.05) is 25.2 Å². The van der Waals surface area contributed by atoms with E-state index in [2.05, 4.69) is 10.3 Å². The molecule has 1 heterocycles. The minimum Gasteiger partial charge on any atom is -0.437 e. The Morgan fingerprint density at radius 2 is 1.68 bits per heavy atom. The fourth-order valence-electron chi connectivity index (χ4n) is 1.40. The number of halogens is 4. The highest BCUT2D eigenvalue weighted by Gasteiger charge is 2.11. The number of benzene rings is 1. The van der Waals surface area contributed by atoms with Crippen LogP contribution < -0.4 is 10.1 Å². The third kappa shape index (κ3) is 3.24. The van der Waals surface area contributed by atoms with Crippen molar-refractivity contribution in [3.05, 3.63) is 45.9 Å². The van der Waals surface area contributed by atoms with Crippen LogP contribution in [0.2, 0.25) is 10.0 Å². The summed E-state index contributed by atoms with van der Waals surface area (Å²) in [6.07, 6.45) is 0. The number of hydrogen-bond acceptors (Lipinski definition) is 3. The van der Waals surface area contributed by atoms with Crippen molar-refractivity contribution in [2.45, 2.75) is 0 Å². The number of hydrogen-bond donors (Lipinski definition) is 1. The van der Waals surface area contributed by atoms with E-state index in [4.69, 9.17) is 27.9 Å². The molecule has 2 rings (SSSR count). The van der Waals surface area contributed by atoms with E-state index in [1.54, 1.807) is 7.05 Å². The number of pyridine rings is 1. The molecule has 0 spiro atoms. The second kappa shape index (κ2) is 5.59. The van der Waals surface area contributed by atoms with E-state index < -0.39 is 11.6 Å². The number of rotatable bonds is 3. The third-order valence-electron chi connectivity index (χ3n) is 2.18. The molecule has 0 aliphatic rings. The molecule has 0 amide bonds. The lowest BCUT2D eigenvalue weighted by molar-refractivity contribution is 0.452. The van der Waals surface area contributed by atoms with Crippen LogP contribution in [0, 0.1) is 11.6 Å². The number of nitrogens with one attached hydrogen (secondary N) is 1. The van der Waals surface area contributed by atoms with E-state index in [0.29, 0.717) is 10.8 Å². The molecule has 0 unspecified atom stereocenters. The van der Waals surface area contributed by atoms with Gasteiger partial charge >= 0.3 is 0 Å². The van der Waals surface area contributed by atoms with Gasteiger partial charge in [0.2, 0.25) is 5.88 Å². The van der Waals surface area contributed by atoms with Crippen LogP contribution in [0.5, 0.6) is 11.6 Å². The fraction of sp³-hybridized carbons (Fsp3) is 0.0833. The van der Waals surface area contributed by atoms with Crippen molar-refractivity contribution in [1.82, 2.24) is 4.98 Å². The molecule has 1 aromatic carbocycles. The molecule has 0 atom stereocenters. The van der Waals surface area contributed by atoms with Gasteiger partial charge in [-0.05, 0) is 6.07 Å². The second-order valence-electron chi connectivity index (χ2n) is 3.56. The van der Waals surface area contributed by atoms with E-state index in [9.17, 15) is 8.78 Å². The molecule has 19 heavy (non-hydrogen) atoms. The minimum atomic E-state index is -0.756. The Hall–Kier alpha value is -1.59. The fourth-order valence-corrected chi connectivity index (χ4v) is 1.89. The highest BCUT2D eigenvalue weighted by molar-refractivity contribution is 6.36. The highest BCUT2D eigenvalue weighted by atomic mass is 35.5. The minimum absolute atomic E-state index is 0.000386. The third-order valence-corrected chi connectivity index (χ3v) is 2.74. The van der Waals surface area contributed by atoms with Crippen molar-refractivity contribution >= 4 is 29.0 Å². The average Bonchev–Trinajstić information content (AvgIpc) is 2.31. The molecule has 0 saturated carbocycles. The van der Waals surface area contributed by atoms with Crippen LogP contribution in [-0.2, 0) is 0 Å². The van der Waals surface area contributed by atoms with Crippen LogP contribution in [0.1, 0.15) is 0 Å². The maximum absolute atomic E-state index is 13.0. The van der Waals surface area contributed by atoms with Gasteiger partial charge in [-0.25, -0.2) is 8.78 Å². The van der Waals surface area contributed by atoms with Gasteiger partial charge in [-0.1, -0.05) is 23.2 Å². The largest absolute Gasteiger partial charge is 0.437 e. The molecule has 0 bridgehead atoms. The van der Waals surface area contributed by atoms with Crippen LogP contribution in [0.3, 0.4) is 0 Å². The molecule has 100 valence electrons. The summed E-state index contributed by atoms with van der Waals surface area (Å²) < 4.78 is 31.3. The van der Waals surface area contributed by atoms with Gasteiger partial charge in [0.15, 0.2) is 0 Å². The Bertz CT molecular complexity index is 603. The van der Waals surface area contributed by atoms with E-state index >= 15 is 0 Å². The summed E-state index contributed by atoms with van der Waals surface area (Å²) in [6, 6.07) is 4.21. The number of nitrogens with zero attached hydrogens (tertiary/aromatic N) is 1. The maximum atomic E-state index is 13.0. The quantitative estimate of drug-likeness (QED) is 0.906. The van der Waals surface area contributed by atoms with Crippen LogP contribution in [0.4, 0.5) is 14.6 Å². The smallest absolute Gasteiger partial charge is 0.240 e. The van der Waals surface area contributed by atoms with Crippen molar-refractivity contribution < 1.29 is 13.5 Å². The Kier molecular flexibility index (Phi) is 4.07. The zero-order valence-corrected chi connectivity index (χ0v) is 11.2. The lowest BCUT2D eigenvalue weighted by Gasteiger charge is -2.10. The molecule has 2 aromatic rings. The van der Waals surface area contributed by atoms with Gasteiger partial charge in [-0.2, -0.15) is 4.98 Å². The number of ether oxygens (including phenoxy) is 1. The Labute approximate surface area is 118 Å². The summed E-state index contributed by atoms with van der Waals surface area (Å²) in [6.45, 7) is 0. The Morgan fingerprint density at radius 1 is 1.05 bits per heavy atom. The first-order chi connectivity index (χ1) is 8.99. The second-order valence-corrected chi connectivity index (χ2v) is 4.38. The summed E-state index contributed by atoms with van der Waals surface area (Å²) in [7, 11) is 1.62. The van der Waals surface area contributed by atoms with E-state index in [-0.39, 0.29) is 16.7 Å². The zero-order chi connectivity index (χ0) is 14.0. The van der Waals surface area contributed by atoms with Gasteiger partial charge in [-0.15, -0.1) is 0 Å². The lowest BCUT2D eigenvalue weighted by Crippen LogP contribution is -1.97. The van der Waals surface area contributed by atoms with Crippen LogP contribution in [-0.4, -0.2) is 12.0 Å². The van der Waals surface area contributed by atoms with Gasteiger partial charge in [0.05, 0.1) is 5.02 Å². The SMILES string of the molecule is CNc1nc(Oc2cc(F)cc(F)c2)c(Cl)cc1Cl. The van der Waals surface area contributed by atoms with E-state index in [1.165, 1.54) is 6.07 Å². The molecule has 1 aromatic heterocycles. The molecule has 3 nitrogen and oxygen atoms in total. The number of aromatic nitrogens is 1. The molecule has 1 N–H and O–H groups in total. The first-order valence-electron chi connectivity index (χ1n) is 5.17. The first-order valence-corrected chi connectivity index (χ1v) is 5.93. The average molecular weight is 305 g/mol. The highest BCUT2D eigenvalue weighted by Crippen LogP contribution is 2.33. The van der Waals surface area contributed by atoms with Crippen molar-refractivity contribution in [2.24, 2.45) is 0 Å². The Balaban J connectivity index is 2.37. The predicted octanol–water partition coefficient (Wildman–Crippen LogP) is 4.50. The van der Waals surface area contributed by atoms with E-state index in [1.807, 2.05) is 0 Å². The van der Waals surface area contributed by atoms with Crippen molar-refractivity contribution in [3.8, 4) is 11.6 Å². The molecule has 0 saturated heterocycles. The zero-order valence-electron chi connectivity index (χ0n) is 9.68. The summed E-state index contributed by atoms with van der Waals surface area (Å²) in [5.74, 6) is -1.21. The summed E-state index contributed by atoms with van der Waals surface area (Å²) in [4.78, 5) is 4.00. The molecule has 7 heteroatoms. The molecule has 0 aliphatic carbocycles. The van der Waals surface area contributed by atoms with E-state index in [0.717, 1.165) is 18.2 Å². The molecule has 0 aliphatic heterocycles. The summed E-state index contributed by atoms with van der Waals surface area (Å²) >= 11 is 11.8. The lowest BCUT2D eigenvalue weighted by atomic mass is 10.3. The standard InChI is InChI=1S/C12H8Cl2F2N2O/c1-17-11-9(13)5-10(14)12(18-11)19-8-3-6(15)2-7(16)4-8/h2-5H,1H3,(H,17,18). The van der Waals surface area contributed by atoms with Crippen LogP contribution in [0.15, 0.2) is 24.3 Å². The molecule has 0 fully saturated rings. The predicted molar refractivity (Wildman–Crippen MR) is 70.2 cm³/mol. The van der Waals surface area contributed by atoms with Gasteiger partial charge in [0.1, 0.15) is 28.2 Å². The molecule has 0 radical (unpaired) electrons. The summed E-state index contributed by atoms with van der Waals surface area (Å²) in [5.41, 5.74) is 0. The van der Waals surface area contributed by atoms with Gasteiger partial charge < -0.3 is 10.1 Å². The number of anilines is 1. The van der Waals surface area contributed by atoms with Gasteiger partial charge in [0.25, 0.3) is 0 Å². The van der Waals surface area contributed by atoms with Crippen LogP contribution >= 0.6 is 23.2 Å². The summed E-state index contributed by atoms with van der Waals surface area (Å²) in [5, 5.41) is 3.19. The molecular formula is C12H8Cl2F2N2O. The van der Waals surface area contributed by atoms with Gasteiger partial charge in [-0.3, -0.25) is 0 Å². The Morgan fingerprint density at radius 3 is 2.26 bits per heavy atom.